The molecule has 0 aliphatic carbocycles. The fourth-order valence-corrected chi connectivity index (χ4v) is 3.91. The summed E-state index contributed by atoms with van der Waals surface area (Å²) in [6.45, 7) is 3.83. The summed E-state index contributed by atoms with van der Waals surface area (Å²) in [7, 11) is 1.32. The molecule has 0 aromatic heterocycles. The predicted octanol–water partition coefficient (Wildman–Crippen LogP) is 4.03. The summed E-state index contributed by atoms with van der Waals surface area (Å²) < 4.78 is 16.1. The number of carbonyl (C=O) groups excluding carboxylic acids is 3. The lowest BCUT2D eigenvalue weighted by Crippen LogP contribution is -2.38. The zero-order valence-corrected chi connectivity index (χ0v) is 19.8. The standard InChI is InChI=1S/C27H26N2O6/c1-17-6-4-7-18(2)26(17)35-15-24(30)28-21-10-11-23-22(13-21)29(25(31)16-34-23)14-19-8-5-9-20(12-19)27(32)33-3/h4-13H,14-16H2,1-3H3,(H,28,30). The van der Waals surface area contributed by atoms with Gasteiger partial charge < -0.3 is 24.4 Å². The van der Waals surface area contributed by atoms with Crippen LogP contribution in [0.1, 0.15) is 27.0 Å². The number of esters is 1. The first-order valence-corrected chi connectivity index (χ1v) is 11.1. The number of ether oxygens (including phenoxy) is 3. The maximum absolute atomic E-state index is 12.7. The van der Waals surface area contributed by atoms with E-state index in [9.17, 15) is 14.4 Å². The van der Waals surface area contributed by atoms with Gasteiger partial charge in [-0.05, 0) is 60.9 Å². The first kappa shape index (κ1) is 23.8. The zero-order chi connectivity index (χ0) is 24.9. The van der Waals surface area contributed by atoms with Gasteiger partial charge in [0.15, 0.2) is 13.2 Å². The van der Waals surface area contributed by atoms with Crippen molar-refractivity contribution >= 4 is 29.2 Å². The molecule has 8 nitrogen and oxygen atoms in total. The van der Waals surface area contributed by atoms with Crippen LogP contribution < -0.4 is 19.7 Å². The molecule has 1 aliphatic rings. The van der Waals surface area contributed by atoms with Crippen LogP contribution in [0.25, 0.3) is 0 Å². The summed E-state index contributed by atoms with van der Waals surface area (Å²) in [5.41, 5.74) is 4.09. The molecular weight excluding hydrogens is 448 g/mol. The lowest BCUT2D eigenvalue weighted by Gasteiger charge is -2.30. The minimum Gasteiger partial charge on any atom is -0.483 e. The van der Waals surface area contributed by atoms with E-state index in [0.29, 0.717) is 28.4 Å². The number of para-hydroxylation sites is 1. The van der Waals surface area contributed by atoms with Gasteiger partial charge in [0.05, 0.1) is 24.9 Å². The summed E-state index contributed by atoms with van der Waals surface area (Å²) in [5.74, 6) is 0.204. The molecule has 3 aromatic rings. The summed E-state index contributed by atoms with van der Waals surface area (Å²) in [6.07, 6.45) is 0. The van der Waals surface area contributed by atoms with Gasteiger partial charge in [0.2, 0.25) is 0 Å². The van der Waals surface area contributed by atoms with Gasteiger partial charge in [0, 0.05) is 5.69 Å². The smallest absolute Gasteiger partial charge is 0.337 e. The van der Waals surface area contributed by atoms with Crippen LogP contribution in [0.4, 0.5) is 11.4 Å². The van der Waals surface area contributed by atoms with Crippen LogP contribution in [0.2, 0.25) is 0 Å². The summed E-state index contributed by atoms with van der Waals surface area (Å²) in [5, 5.41) is 2.81. The van der Waals surface area contributed by atoms with Crippen LogP contribution in [0.3, 0.4) is 0 Å². The molecule has 0 saturated carbocycles. The Morgan fingerprint density at radius 2 is 1.77 bits per heavy atom. The number of nitrogens with zero attached hydrogens (tertiary/aromatic N) is 1. The number of hydrogen-bond donors (Lipinski definition) is 1. The fraction of sp³-hybridized carbons (Fsp3) is 0.222. The molecule has 2 amide bonds. The third-order valence-corrected chi connectivity index (χ3v) is 5.63. The number of carbonyl (C=O) groups is 3. The molecule has 180 valence electrons. The number of nitrogens with one attached hydrogen (secondary N) is 1. The molecular formula is C27H26N2O6. The van der Waals surface area contributed by atoms with Crippen molar-refractivity contribution in [2.24, 2.45) is 0 Å². The second-order valence-electron chi connectivity index (χ2n) is 8.20. The van der Waals surface area contributed by atoms with E-state index in [1.54, 1.807) is 41.3 Å². The zero-order valence-electron chi connectivity index (χ0n) is 19.8. The second-order valence-corrected chi connectivity index (χ2v) is 8.20. The first-order chi connectivity index (χ1) is 16.9. The van der Waals surface area contributed by atoms with Gasteiger partial charge in [-0.15, -0.1) is 0 Å². The van der Waals surface area contributed by atoms with Crippen molar-refractivity contribution in [3.8, 4) is 11.5 Å². The molecule has 0 fully saturated rings. The summed E-state index contributed by atoms with van der Waals surface area (Å²) >= 11 is 0. The normalized spacial score (nSPS) is 12.4. The van der Waals surface area contributed by atoms with Crippen molar-refractivity contribution in [2.75, 3.05) is 30.5 Å². The van der Waals surface area contributed by atoms with Crippen LogP contribution in [0, 0.1) is 13.8 Å². The third kappa shape index (κ3) is 5.43. The van der Waals surface area contributed by atoms with E-state index in [-0.39, 0.29) is 31.6 Å². The van der Waals surface area contributed by atoms with Gasteiger partial charge in [-0.2, -0.15) is 0 Å². The number of methoxy groups -OCH3 is 1. The molecule has 4 rings (SSSR count). The molecule has 1 heterocycles. The number of anilines is 2. The van der Waals surface area contributed by atoms with Gasteiger partial charge in [-0.3, -0.25) is 9.59 Å². The van der Waals surface area contributed by atoms with Crippen molar-refractivity contribution < 1.29 is 28.6 Å². The number of hydrogen-bond acceptors (Lipinski definition) is 6. The highest BCUT2D eigenvalue weighted by Crippen LogP contribution is 2.35. The summed E-state index contributed by atoms with van der Waals surface area (Å²) in [6, 6.07) is 17.8. The Morgan fingerprint density at radius 3 is 2.51 bits per heavy atom. The monoisotopic (exact) mass is 474 g/mol. The van der Waals surface area contributed by atoms with Gasteiger partial charge >= 0.3 is 5.97 Å². The lowest BCUT2D eigenvalue weighted by molar-refractivity contribution is -0.121. The SMILES string of the molecule is COC(=O)c1cccc(CN2C(=O)COc3ccc(NC(=O)COc4c(C)cccc4C)cc32)c1. The quantitative estimate of drug-likeness (QED) is 0.520. The minimum atomic E-state index is -0.450. The third-order valence-electron chi connectivity index (χ3n) is 5.63. The molecule has 8 heteroatoms. The van der Waals surface area contributed by atoms with E-state index >= 15 is 0 Å². The van der Waals surface area contributed by atoms with Crippen molar-refractivity contribution in [3.63, 3.8) is 0 Å². The largest absolute Gasteiger partial charge is 0.483 e. The van der Waals surface area contributed by atoms with E-state index < -0.39 is 5.97 Å². The van der Waals surface area contributed by atoms with Crippen LogP contribution in [0.5, 0.6) is 11.5 Å². The molecule has 0 unspecified atom stereocenters. The fourth-order valence-electron chi connectivity index (χ4n) is 3.91. The lowest BCUT2D eigenvalue weighted by atomic mass is 10.1. The highest BCUT2D eigenvalue weighted by Gasteiger charge is 2.26. The van der Waals surface area contributed by atoms with Crippen LogP contribution >= 0.6 is 0 Å². The number of amides is 2. The Labute approximate surface area is 203 Å². The van der Waals surface area contributed by atoms with Gasteiger partial charge in [-0.25, -0.2) is 4.79 Å². The van der Waals surface area contributed by atoms with E-state index in [1.165, 1.54) is 7.11 Å². The van der Waals surface area contributed by atoms with E-state index in [0.717, 1.165) is 16.7 Å². The van der Waals surface area contributed by atoms with Crippen molar-refractivity contribution in [1.82, 2.24) is 0 Å². The highest BCUT2D eigenvalue weighted by molar-refractivity contribution is 5.99. The average Bonchev–Trinajstić information content (AvgIpc) is 2.85. The topological polar surface area (TPSA) is 94.2 Å². The number of rotatable bonds is 7. The maximum Gasteiger partial charge on any atom is 0.337 e. The molecule has 0 bridgehead atoms. The number of aryl methyl sites for hydroxylation is 2. The Kier molecular flexibility index (Phi) is 7.01. The number of fused-ring (bicyclic) bond motifs is 1. The van der Waals surface area contributed by atoms with E-state index in [2.05, 4.69) is 5.32 Å². The minimum absolute atomic E-state index is 0.0982. The molecule has 35 heavy (non-hydrogen) atoms. The van der Waals surface area contributed by atoms with E-state index in [1.807, 2.05) is 38.1 Å². The molecule has 0 saturated heterocycles. The van der Waals surface area contributed by atoms with Crippen LogP contribution in [-0.4, -0.2) is 38.1 Å². The number of benzene rings is 3. The first-order valence-electron chi connectivity index (χ1n) is 11.1. The van der Waals surface area contributed by atoms with E-state index in [4.69, 9.17) is 14.2 Å². The Balaban J connectivity index is 1.50. The van der Waals surface area contributed by atoms with Crippen LogP contribution in [0.15, 0.2) is 60.7 Å². The summed E-state index contributed by atoms with van der Waals surface area (Å²) in [4.78, 5) is 38.7. The van der Waals surface area contributed by atoms with Gasteiger partial charge in [0.25, 0.3) is 11.8 Å². The molecule has 1 aliphatic heterocycles. The predicted molar refractivity (Wildman–Crippen MR) is 131 cm³/mol. The van der Waals surface area contributed by atoms with Crippen molar-refractivity contribution in [3.05, 3.63) is 82.9 Å². The Hall–Kier alpha value is -4.33. The Bertz CT molecular complexity index is 1270. The molecule has 0 radical (unpaired) electrons. The molecule has 1 N–H and O–H groups in total. The molecule has 3 aromatic carbocycles. The van der Waals surface area contributed by atoms with Crippen molar-refractivity contribution in [2.45, 2.75) is 20.4 Å². The van der Waals surface area contributed by atoms with Crippen LogP contribution in [-0.2, 0) is 20.9 Å². The van der Waals surface area contributed by atoms with Gasteiger partial charge in [-0.1, -0.05) is 30.3 Å². The average molecular weight is 475 g/mol. The molecule has 0 spiro atoms. The second kappa shape index (κ2) is 10.3. The maximum atomic E-state index is 12.7. The highest BCUT2D eigenvalue weighted by atomic mass is 16.5. The van der Waals surface area contributed by atoms with Crippen molar-refractivity contribution in [1.29, 1.82) is 0 Å². The molecule has 0 atom stereocenters. The van der Waals surface area contributed by atoms with Gasteiger partial charge in [0.1, 0.15) is 11.5 Å². The Morgan fingerprint density at radius 1 is 1.03 bits per heavy atom.